The van der Waals surface area contributed by atoms with E-state index in [2.05, 4.69) is 47.2 Å². The Kier molecular flexibility index (Phi) is 5.32. The second kappa shape index (κ2) is 7.00. The predicted octanol–water partition coefficient (Wildman–Crippen LogP) is 4.87. The van der Waals surface area contributed by atoms with E-state index in [1.54, 1.807) is 0 Å². The molecule has 0 spiro atoms. The summed E-state index contributed by atoms with van der Waals surface area (Å²) in [6.07, 6.45) is 0.884. The van der Waals surface area contributed by atoms with Crippen molar-refractivity contribution in [3.8, 4) is 0 Å². The molecular formula is C17H19BrFN. The summed E-state index contributed by atoms with van der Waals surface area (Å²) in [5.74, 6) is -0.184. The van der Waals surface area contributed by atoms with E-state index in [9.17, 15) is 4.39 Å². The maximum absolute atomic E-state index is 12.9. The van der Waals surface area contributed by atoms with Gasteiger partial charge in [-0.15, -0.1) is 0 Å². The lowest BCUT2D eigenvalue weighted by Gasteiger charge is -2.21. The second-order valence-corrected chi connectivity index (χ2v) is 6.00. The number of benzene rings is 2. The smallest absolute Gasteiger partial charge is 0.123 e. The lowest BCUT2D eigenvalue weighted by molar-refractivity contribution is 0.476. The molecule has 3 heteroatoms. The van der Waals surface area contributed by atoms with Gasteiger partial charge in [0, 0.05) is 16.6 Å². The zero-order valence-corrected chi connectivity index (χ0v) is 13.3. The molecule has 0 aliphatic carbocycles. The third-order valence-corrected chi connectivity index (χ3v) is 4.08. The quantitative estimate of drug-likeness (QED) is 0.821. The minimum atomic E-state index is -0.184. The molecule has 2 aromatic rings. The van der Waals surface area contributed by atoms with Crippen molar-refractivity contribution in [1.29, 1.82) is 0 Å². The average molecular weight is 336 g/mol. The standard InChI is InChI=1S/C17H19BrFN/c1-12(11-14-7-9-15(19)10-8-14)20-13(2)16-5-3-4-6-17(16)18/h3-10,12-13,20H,11H2,1-2H3. The normalized spacial score (nSPS) is 14.0. The molecule has 0 saturated heterocycles. The number of rotatable bonds is 5. The van der Waals surface area contributed by atoms with Crippen molar-refractivity contribution in [2.24, 2.45) is 0 Å². The van der Waals surface area contributed by atoms with Gasteiger partial charge in [0.2, 0.25) is 0 Å². The number of halogens is 2. The highest BCUT2D eigenvalue weighted by atomic mass is 79.9. The zero-order chi connectivity index (χ0) is 14.5. The van der Waals surface area contributed by atoms with Crippen LogP contribution in [0.25, 0.3) is 0 Å². The average Bonchev–Trinajstić information content (AvgIpc) is 2.41. The molecule has 0 bridgehead atoms. The van der Waals surface area contributed by atoms with Gasteiger partial charge in [-0.3, -0.25) is 0 Å². The minimum Gasteiger partial charge on any atom is -0.307 e. The van der Waals surface area contributed by atoms with Crippen molar-refractivity contribution >= 4 is 15.9 Å². The van der Waals surface area contributed by atoms with Crippen LogP contribution < -0.4 is 5.32 Å². The first-order valence-corrected chi connectivity index (χ1v) is 7.60. The summed E-state index contributed by atoms with van der Waals surface area (Å²) >= 11 is 3.58. The van der Waals surface area contributed by atoms with Crippen LogP contribution in [0, 0.1) is 5.82 Å². The van der Waals surface area contributed by atoms with E-state index in [1.807, 2.05) is 24.3 Å². The van der Waals surface area contributed by atoms with Crippen LogP contribution in [-0.4, -0.2) is 6.04 Å². The van der Waals surface area contributed by atoms with Crippen molar-refractivity contribution in [3.63, 3.8) is 0 Å². The summed E-state index contributed by atoms with van der Waals surface area (Å²) < 4.78 is 14.0. The molecule has 0 fully saturated rings. The summed E-state index contributed by atoms with van der Waals surface area (Å²) in [7, 11) is 0. The van der Waals surface area contributed by atoms with Gasteiger partial charge >= 0.3 is 0 Å². The van der Waals surface area contributed by atoms with Gasteiger partial charge in [-0.25, -0.2) is 4.39 Å². The molecule has 2 aromatic carbocycles. The molecule has 2 unspecified atom stereocenters. The summed E-state index contributed by atoms with van der Waals surface area (Å²) in [5.41, 5.74) is 2.39. The second-order valence-electron chi connectivity index (χ2n) is 5.14. The van der Waals surface area contributed by atoms with E-state index in [-0.39, 0.29) is 11.9 Å². The van der Waals surface area contributed by atoms with Crippen molar-refractivity contribution in [3.05, 3.63) is 69.9 Å². The van der Waals surface area contributed by atoms with Gasteiger partial charge in [0.1, 0.15) is 5.82 Å². The van der Waals surface area contributed by atoms with E-state index in [0.29, 0.717) is 6.04 Å². The molecule has 0 heterocycles. The van der Waals surface area contributed by atoms with Crippen molar-refractivity contribution in [2.75, 3.05) is 0 Å². The molecule has 1 N–H and O–H groups in total. The van der Waals surface area contributed by atoms with Gasteiger partial charge in [0.15, 0.2) is 0 Å². The molecule has 0 saturated carbocycles. The molecule has 2 rings (SSSR count). The van der Waals surface area contributed by atoms with E-state index in [1.165, 1.54) is 17.7 Å². The maximum atomic E-state index is 12.9. The molecule has 0 radical (unpaired) electrons. The Morgan fingerprint density at radius 3 is 2.35 bits per heavy atom. The molecule has 20 heavy (non-hydrogen) atoms. The van der Waals surface area contributed by atoms with Crippen LogP contribution in [0.15, 0.2) is 53.0 Å². The summed E-state index contributed by atoms with van der Waals surface area (Å²) in [6, 6.07) is 15.5. The molecule has 1 nitrogen and oxygen atoms in total. The van der Waals surface area contributed by atoms with Crippen LogP contribution in [-0.2, 0) is 6.42 Å². The third kappa shape index (κ3) is 4.15. The Bertz CT molecular complexity index is 553. The fraction of sp³-hybridized carbons (Fsp3) is 0.294. The molecule has 2 atom stereocenters. The third-order valence-electron chi connectivity index (χ3n) is 3.36. The molecule has 0 aliphatic rings. The Labute approximate surface area is 128 Å². The Balaban J connectivity index is 1.96. The molecule has 106 valence electrons. The first-order valence-electron chi connectivity index (χ1n) is 6.81. The first-order chi connectivity index (χ1) is 9.56. The number of hydrogen-bond donors (Lipinski definition) is 1. The highest BCUT2D eigenvalue weighted by Crippen LogP contribution is 2.23. The fourth-order valence-corrected chi connectivity index (χ4v) is 3.00. The van der Waals surface area contributed by atoms with Gasteiger partial charge in [-0.05, 0) is 49.6 Å². The van der Waals surface area contributed by atoms with Crippen LogP contribution in [0.2, 0.25) is 0 Å². The summed E-state index contributed by atoms with van der Waals surface area (Å²) in [4.78, 5) is 0. The summed E-state index contributed by atoms with van der Waals surface area (Å²) in [6.45, 7) is 4.30. The lowest BCUT2D eigenvalue weighted by atomic mass is 10.0. The van der Waals surface area contributed by atoms with Gasteiger partial charge in [-0.2, -0.15) is 0 Å². The largest absolute Gasteiger partial charge is 0.307 e. The number of hydrogen-bond acceptors (Lipinski definition) is 1. The number of nitrogens with one attached hydrogen (secondary N) is 1. The van der Waals surface area contributed by atoms with Crippen molar-refractivity contribution in [1.82, 2.24) is 5.32 Å². The SMILES string of the molecule is CC(Cc1ccc(F)cc1)NC(C)c1ccccc1Br. The molecule has 0 amide bonds. The first kappa shape index (κ1) is 15.2. The van der Waals surface area contributed by atoms with E-state index in [0.717, 1.165) is 16.5 Å². The van der Waals surface area contributed by atoms with Crippen molar-refractivity contribution < 1.29 is 4.39 Å². The lowest BCUT2D eigenvalue weighted by Crippen LogP contribution is -2.30. The van der Waals surface area contributed by atoms with Gasteiger partial charge < -0.3 is 5.32 Å². The zero-order valence-electron chi connectivity index (χ0n) is 11.7. The molecular weight excluding hydrogens is 317 g/mol. The highest BCUT2D eigenvalue weighted by Gasteiger charge is 2.12. The monoisotopic (exact) mass is 335 g/mol. The Morgan fingerprint density at radius 1 is 1.05 bits per heavy atom. The van der Waals surface area contributed by atoms with Gasteiger partial charge in [0.05, 0.1) is 0 Å². The van der Waals surface area contributed by atoms with E-state index >= 15 is 0 Å². The Hall–Kier alpha value is -1.19. The van der Waals surface area contributed by atoms with Gasteiger partial charge in [0.25, 0.3) is 0 Å². The minimum absolute atomic E-state index is 0.184. The van der Waals surface area contributed by atoms with Crippen LogP contribution in [0.1, 0.15) is 31.0 Å². The van der Waals surface area contributed by atoms with E-state index < -0.39 is 0 Å². The topological polar surface area (TPSA) is 12.0 Å². The predicted molar refractivity (Wildman–Crippen MR) is 85.3 cm³/mol. The maximum Gasteiger partial charge on any atom is 0.123 e. The van der Waals surface area contributed by atoms with Crippen LogP contribution in [0.4, 0.5) is 4.39 Å². The fourth-order valence-electron chi connectivity index (χ4n) is 2.38. The molecule has 0 aliphatic heterocycles. The molecule has 0 aromatic heterocycles. The van der Waals surface area contributed by atoms with Crippen LogP contribution in [0.3, 0.4) is 0 Å². The van der Waals surface area contributed by atoms with Crippen LogP contribution in [0.5, 0.6) is 0 Å². The van der Waals surface area contributed by atoms with Gasteiger partial charge in [-0.1, -0.05) is 46.3 Å². The van der Waals surface area contributed by atoms with Crippen LogP contribution >= 0.6 is 15.9 Å². The Morgan fingerprint density at radius 2 is 1.70 bits per heavy atom. The van der Waals surface area contributed by atoms with E-state index in [4.69, 9.17) is 0 Å². The van der Waals surface area contributed by atoms with Crippen molar-refractivity contribution in [2.45, 2.75) is 32.4 Å². The summed E-state index contributed by atoms with van der Waals surface area (Å²) in [5, 5.41) is 3.58. The highest BCUT2D eigenvalue weighted by molar-refractivity contribution is 9.10.